The van der Waals surface area contributed by atoms with Gasteiger partial charge in [0.05, 0.1) is 28.2 Å². The Morgan fingerprint density at radius 1 is 0.895 bits per heavy atom. The Morgan fingerprint density at radius 3 is 1.68 bits per heavy atom. The highest BCUT2D eigenvalue weighted by atomic mass is 16.4. The lowest BCUT2D eigenvalue weighted by molar-refractivity contribution is -0.849. The number of aliphatic carboxylic acids is 1. The van der Waals surface area contributed by atoms with Gasteiger partial charge in [-0.2, -0.15) is 0 Å². The van der Waals surface area contributed by atoms with Crippen LogP contribution in [0.2, 0.25) is 0 Å². The van der Waals surface area contributed by atoms with E-state index >= 15 is 0 Å². The van der Waals surface area contributed by atoms with E-state index in [-0.39, 0.29) is 5.92 Å². The Hall–Kier alpha value is -0.570. The van der Waals surface area contributed by atoms with Crippen LogP contribution in [0.25, 0.3) is 0 Å². The summed E-state index contributed by atoms with van der Waals surface area (Å²) in [5.41, 5.74) is 0. The molecule has 0 amide bonds. The predicted octanol–water partition coefficient (Wildman–Crippen LogP) is 2.84. The van der Waals surface area contributed by atoms with Gasteiger partial charge in [-0.25, -0.2) is 0 Å². The minimum Gasteiger partial charge on any atom is -0.550 e. The van der Waals surface area contributed by atoms with Crippen LogP contribution < -0.4 is 5.11 Å². The molecule has 0 aromatic heterocycles. The van der Waals surface area contributed by atoms with Gasteiger partial charge in [0.2, 0.25) is 0 Å². The van der Waals surface area contributed by atoms with Crippen molar-refractivity contribution in [1.29, 1.82) is 0 Å². The Labute approximate surface area is 120 Å². The first-order valence-electron chi connectivity index (χ1n) is 7.72. The van der Waals surface area contributed by atoms with Crippen molar-refractivity contribution in [1.82, 2.24) is 0 Å². The van der Waals surface area contributed by atoms with Crippen LogP contribution in [-0.2, 0) is 4.79 Å². The second-order valence-corrected chi connectivity index (χ2v) is 6.69. The van der Waals surface area contributed by atoms with Crippen LogP contribution in [0.1, 0.15) is 65.2 Å². The summed E-state index contributed by atoms with van der Waals surface area (Å²) in [6.07, 6.45) is 8.29. The average Bonchev–Trinajstić information content (AvgIpc) is 2.25. The molecule has 0 N–H and O–H groups in total. The number of carboxylic acids is 1. The van der Waals surface area contributed by atoms with E-state index < -0.39 is 5.97 Å². The summed E-state index contributed by atoms with van der Waals surface area (Å²) in [6.45, 7) is 4.25. The van der Waals surface area contributed by atoms with Gasteiger partial charge in [0.25, 0.3) is 0 Å². The van der Waals surface area contributed by atoms with Gasteiger partial charge in [0.15, 0.2) is 0 Å². The zero-order valence-electron chi connectivity index (χ0n) is 14.0. The molecule has 116 valence electrons. The van der Waals surface area contributed by atoms with Gasteiger partial charge in [-0.1, -0.05) is 52.4 Å². The number of nitrogens with zero attached hydrogens (tertiary/aromatic N) is 1. The molecule has 0 aliphatic carbocycles. The van der Waals surface area contributed by atoms with E-state index in [1.807, 2.05) is 0 Å². The van der Waals surface area contributed by atoms with Crippen LogP contribution in [0.4, 0.5) is 0 Å². The van der Waals surface area contributed by atoms with E-state index in [4.69, 9.17) is 0 Å². The highest BCUT2D eigenvalue weighted by Crippen LogP contribution is 2.16. The number of hydrogen-bond acceptors (Lipinski definition) is 2. The molecule has 1 atom stereocenters. The van der Waals surface area contributed by atoms with Gasteiger partial charge in [-0.05, 0) is 18.8 Å². The summed E-state index contributed by atoms with van der Waals surface area (Å²) in [4.78, 5) is 10.8. The molecule has 0 radical (unpaired) electrons. The maximum absolute atomic E-state index is 10.8. The molecule has 0 rings (SSSR count). The van der Waals surface area contributed by atoms with Crippen LogP contribution >= 0.6 is 0 Å². The molecule has 19 heavy (non-hydrogen) atoms. The summed E-state index contributed by atoms with van der Waals surface area (Å²) in [7, 11) is 8.50. The summed E-state index contributed by atoms with van der Waals surface area (Å²) in [5, 5.41) is 10.8. The first-order valence-corrected chi connectivity index (χ1v) is 7.72. The zero-order chi connectivity index (χ0) is 15.3. The second kappa shape index (κ2) is 12.5. The van der Waals surface area contributed by atoms with Crippen LogP contribution in [0.15, 0.2) is 0 Å². The Morgan fingerprint density at radius 2 is 1.32 bits per heavy atom. The number of carbonyl (C=O) groups excluding carboxylic acids is 1. The predicted molar refractivity (Wildman–Crippen MR) is 80.7 cm³/mol. The van der Waals surface area contributed by atoms with Crippen molar-refractivity contribution < 1.29 is 14.4 Å². The van der Waals surface area contributed by atoms with Crippen LogP contribution in [0.3, 0.4) is 0 Å². The van der Waals surface area contributed by atoms with Crippen LogP contribution in [0, 0.1) is 5.92 Å². The van der Waals surface area contributed by atoms with Gasteiger partial charge < -0.3 is 14.4 Å². The largest absolute Gasteiger partial charge is 0.550 e. The van der Waals surface area contributed by atoms with Gasteiger partial charge in [-0.15, -0.1) is 0 Å². The molecule has 0 aliphatic rings. The maximum atomic E-state index is 10.8. The van der Waals surface area contributed by atoms with Gasteiger partial charge >= 0.3 is 0 Å². The molecule has 0 fully saturated rings. The lowest BCUT2D eigenvalue weighted by Crippen LogP contribution is -2.31. The average molecular weight is 273 g/mol. The summed E-state index contributed by atoms with van der Waals surface area (Å²) in [5.74, 6) is -1.05. The van der Waals surface area contributed by atoms with Crippen molar-refractivity contribution in [2.24, 2.45) is 5.92 Å². The molecular weight excluding hydrogens is 238 g/mol. The molecule has 0 saturated carbocycles. The van der Waals surface area contributed by atoms with Crippen molar-refractivity contribution in [2.75, 3.05) is 28.2 Å². The van der Waals surface area contributed by atoms with E-state index in [0.29, 0.717) is 0 Å². The first kappa shape index (κ1) is 20.7. The van der Waals surface area contributed by atoms with E-state index in [1.54, 1.807) is 0 Å². The number of unbranched alkanes of at least 4 members (excludes halogenated alkanes) is 4. The quantitative estimate of drug-likeness (QED) is 0.479. The third kappa shape index (κ3) is 23.0. The highest BCUT2D eigenvalue weighted by molar-refractivity contribution is 5.67. The molecule has 0 aromatic rings. The second-order valence-electron chi connectivity index (χ2n) is 6.69. The lowest BCUT2D eigenvalue weighted by atomic mass is 9.95. The molecule has 0 aromatic carbocycles. The number of hydrogen-bond donors (Lipinski definition) is 0. The number of rotatable bonds is 9. The molecular formula is C16H35NO2. The fourth-order valence-corrected chi connectivity index (χ4v) is 1.65. The molecule has 3 nitrogen and oxygen atoms in total. The Balaban J connectivity index is 0. The topological polar surface area (TPSA) is 40.1 Å². The van der Waals surface area contributed by atoms with Crippen molar-refractivity contribution >= 4 is 5.97 Å². The third-order valence-corrected chi connectivity index (χ3v) is 2.65. The SMILES string of the molecule is CCCCCCC(CCCC)C(=O)[O-].C[N+](C)(C)C. The van der Waals surface area contributed by atoms with Crippen molar-refractivity contribution in [3.05, 3.63) is 0 Å². The normalized spacial score (nSPS) is 12.5. The van der Waals surface area contributed by atoms with Gasteiger partial charge in [-0.3, -0.25) is 0 Å². The number of carboxylic acid groups (broad SMARTS) is 1. The first-order chi connectivity index (χ1) is 8.72. The van der Waals surface area contributed by atoms with Gasteiger partial charge in [0, 0.05) is 5.97 Å². The minimum atomic E-state index is -0.852. The Bertz CT molecular complexity index is 203. The van der Waals surface area contributed by atoms with Crippen LogP contribution in [0.5, 0.6) is 0 Å². The van der Waals surface area contributed by atoms with E-state index in [1.165, 1.54) is 12.8 Å². The number of quaternary nitrogens is 1. The highest BCUT2D eigenvalue weighted by Gasteiger charge is 2.08. The fourth-order valence-electron chi connectivity index (χ4n) is 1.65. The maximum Gasteiger partial charge on any atom is 0.0675 e. The zero-order valence-corrected chi connectivity index (χ0v) is 14.0. The fraction of sp³-hybridized carbons (Fsp3) is 0.938. The molecule has 0 heterocycles. The van der Waals surface area contributed by atoms with Crippen molar-refractivity contribution in [3.8, 4) is 0 Å². The van der Waals surface area contributed by atoms with Crippen LogP contribution in [-0.4, -0.2) is 38.6 Å². The van der Waals surface area contributed by atoms with Crippen molar-refractivity contribution in [3.63, 3.8) is 0 Å². The van der Waals surface area contributed by atoms with E-state index in [9.17, 15) is 9.90 Å². The molecule has 0 aliphatic heterocycles. The third-order valence-electron chi connectivity index (χ3n) is 2.65. The molecule has 0 spiro atoms. The summed E-state index contributed by atoms with van der Waals surface area (Å²) in [6, 6.07) is 0. The monoisotopic (exact) mass is 273 g/mol. The summed E-state index contributed by atoms with van der Waals surface area (Å²) < 4.78 is 1.00. The standard InChI is InChI=1S/C12H24O2.C4H12N/c1-3-5-7-8-10-11(12(13)14)9-6-4-2;1-5(2,3)4/h11H,3-10H2,1-2H3,(H,13,14);1-4H3/q;+1/p-1. The molecule has 0 bridgehead atoms. The van der Waals surface area contributed by atoms with Gasteiger partial charge in [0.1, 0.15) is 0 Å². The molecule has 1 unspecified atom stereocenters. The Kier molecular flexibility index (Phi) is 13.6. The van der Waals surface area contributed by atoms with Crippen molar-refractivity contribution in [2.45, 2.75) is 65.2 Å². The lowest BCUT2D eigenvalue weighted by Gasteiger charge is -2.17. The summed E-state index contributed by atoms with van der Waals surface area (Å²) >= 11 is 0. The smallest absolute Gasteiger partial charge is 0.0675 e. The van der Waals surface area contributed by atoms with E-state index in [2.05, 4.69) is 42.0 Å². The molecule has 0 saturated heterocycles. The van der Waals surface area contributed by atoms with E-state index in [0.717, 1.165) is 43.0 Å². The minimum absolute atomic E-state index is 0.202. The number of carbonyl (C=O) groups is 1. The molecule has 3 heteroatoms.